The number of aromatic hydroxyl groups is 2. The van der Waals surface area contributed by atoms with Crippen LogP contribution in [0.5, 0.6) is 28.7 Å². The largest absolute Gasteiger partial charge is 0.504 e. The molecule has 43 heavy (non-hydrogen) atoms. The van der Waals surface area contributed by atoms with Gasteiger partial charge in [0, 0.05) is 0 Å². The van der Waals surface area contributed by atoms with Gasteiger partial charge in [-0.05, 0) is 42.8 Å². The smallest absolute Gasteiger partial charge is 0.232 e. The van der Waals surface area contributed by atoms with E-state index in [-0.39, 0.29) is 40.1 Å². The Hall–Kier alpha value is -3.51. The van der Waals surface area contributed by atoms with E-state index in [0.29, 0.717) is 5.56 Å². The first-order chi connectivity index (χ1) is 20.4. The van der Waals surface area contributed by atoms with Crippen molar-refractivity contribution in [2.24, 2.45) is 0 Å². The van der Waals surface area contributed by atoms with Crippen LogP contribution in [-0.4, -0.2) is 122 Å². The molecule has 3 aliphatic heterocycles. The van der Waals surface area contributed by atoms with Gasteiger partial charge in [0.25, 0.3) is 0 Å². The molecule has 0 unspecified atom stereocenters. The molecule has 3 aliphatic rings. The number of hydrogen-bond acceptors (Lipinski definition) is 15. The van der Waals surface area contributed by atoms with Crippen molar-refractivity contribution in [1.82, 2.24) is 0 Å². The summed E-state index contributed by atoms with van der Waals surface area (Å²) in [5, 5.41) is 80.7. The van der Waals surface area contributed by atoms with Crippen molar-refractivity contribution in [2.75, 3.05) is 13.7 Å². The van der Waals surface area contributed by atoms with E-state index >= 15 is 0 Å². The summed E-state index contributed by atoms with van der Waals surface area (Å²) in [5.74, 6) is -1.29. The van der Waals surface area contributed by atoms with Gasteiger partial charge in [-0.2, -0.15) is 0 Å². The van der Waals surface area contributed by atoms with E-state index in [1.54, 1.807) is 0 Å². The van der Waals surface area contributed by atoms with Gasteiger partial charge < -0.3 is 69.3 Å². The van der Waals surface area contributed by atoms with Crippen molar-refractivity contribution in [3.63, 3.8) is 0 Å². The van der Waals surface area contributed by atoms with Crippen LogP contribution in [0, 0.1) is 0 Å². The Morgan fingerprint density at radius 1 is 0.884 bits per heavy atom. The van der Waals surface area contributed by atoms with Gasteiger partial charge in [-0.3, -0.25) is 4.79 Å². The molecule has 0 bridgehead atoms. The van der Waals surface area contributed by atoms with E-state index in [1.807, 2.05) is 0 Å². The summed E-state index contributed by atoms with van der Waals surface area (Å²) < 4.78 is 33.7. The first kappa shape index (κ1) is 30.9. The highest BCUT2D eigenvalue weighted by Crippen LogP contribution is 2.46. The summed E-state index contributed by atoms with van der Waals surface area (Å²) in [4.78, 5) is 13.0. The maximum Gasteiger partial charge on any atom is 0.232 e. The molecule has 2 fully saturated rings. The van der Waals surface area contributed by atoms with Crippen molar-refractivity contribution < 1.29 is 74.1 Å². The molecular weight excluding hydrogens is 576 g/mol. The van der Waals surface area contributed by atoms with E-state index < -0.39 is 73.8 Å². The molecule has 15 heteroatoms. The zero-order valence-corrected chi connectivity index (χ0v) is 22.9. The quantitative estimate of drug-likeness (QED) is 0.136. The number of fused-ring (bicyclic) bond motifs is 1. The Labute approximate surface area is 244 Å². The van der Waals surface area contributed by atoms with Gasteiger partial charge in [-0.25, -0.2) is 0 Å². The zero-order valence-electron chi connectivity index (χ0n) is 22.9. The fraction of sp³-hybridized carbons (Fsp3) is 0.464. The number of carbonyl (C=O) groups excluding carboxylic acids is 1. The molecule has 0 amide bonds. The van der Waals surface area contributed by atoms with Crippen LogP contribution in [-0.2, 0) is 14.2 Å². The Bertz CT molecular complexity index is 1380. The van der Waals surface area contributed by atoms with Gasteiger partial charge in [-0.15, -0.1) is 0 Å². The summed E-state index contributed by atoms with van der Waals surface area (Å²) in [5.41, 5.74) is 0.522. The maximum absolute atomic E-state index is 13.0. The average molecular weight is 609 g/mol. The van der Waals surface area contributed by atoms with Gasteiger partial charge in [-0.1, -0.05) is 6.07 Å². The molecule has 0 spiro atoms. The fourth-order valence-corrected chi connectivity index (χ4v) is 5.03. The monoisotopic (exact) mass is 608 g/mol. The zero-order chi connectivity index (χ0) is 31.2. The highest BCUT2D eigenvalue weighted by molar-refractivity contribution is 6.15. The highest BCUT2D eigenvalue weighted by atomic mass is 16.7. The van der Waals surface area contributed by atoms with Gasteiger partial charge in [0.1, 0.15) is 42.7 Å². The molecule has 15 nitrogen and oxygen atoms in total. The van der Waals surface area contributed by atoms with Crippen molar-refractivity contribution >= 4 is 11.9 Å². The Kier molecular flexibility index (Phi) is 8.80. The van der Waals surface area contributed by atoms with Gasteiger partial charge in [0.2, 0.25) is 17.8 Å². The highest BCUT2D eigenvalue weighted by Gasteiger charge is 2.50. The molecule has 0 radical (unpaired) electrons. The van der Waals surface area contributed by atoms with Gasteiger partial charge >= 0.3 is 0 Å². The molecule has 0 aromatic heterocycles. The average Bonchev–Trinajstić information content (AvgIpc) is 3.30. The van der Waals surface area contributed by atoms with E-state index in [1.165, 1.54) is 50.4 Å². The molecule has 234 valence electrons. The second-order valence-electron chi connectivity index (χ2n) is 10.3. The van der Waals surface area contributed by atoms with Crippen LogP contribution in [0.25, 0.3) is 6.08 Å². The number of ketones is 1. The second kappa shape index (κ2) is 12.2. The van der Waals surface area contributed by atoms with Gasteiger partial charge in [0.05, 0.1) is 25.4 Å². The molecule has 0 saturated carbocycles. The molecule has 2 aromatic rings. The van der Waals surface area contributed by atoms with Crippen LogP contribution in [0.3, 0.4) is 0 Å². The normalized spacial score (nSPS) is 35.0. The lowest BCUT2D eigenvalue weighted by Gasteiger charge is -2.45. The Morgan fingerprint density at radius 3 is 2.28 bits per heavy atom. The summed E-state index contributed by atoms with van der Waals surface area (Å²) in [7, 11) is 1.30. The Balaban J connectivity index is 1.31. The minimum Gasteiger partial charge on any atom is -0.504 e. The SMILES string of the molecule is COc1c(O[C@@H]2O[C@@H](C)[C@H](O[C@@H]3O[C@H](CO)[C@@H](O)[C@H](O)[C@H]3O)[C@@H](O)[C@H]2O)ccc2c1OC(=Cc1ccc(O)c(O)c1)C2=O. The first-order valence-corrected chi connectivity index (χ1v) is 13.3. The number of allylic oxidation sites excluding steroid dienone is 1. The van der Waals surface area contributed by atoms with Crippen LogP contribution in [0.4, 0.5) is 0 Å². The molecule has 5 rings (SSSR count). The van der Waals surface area contributed by atoms with Gasteiger partial charge in [0.15, 0.2) is 35.0 Å². The van der Waals surface area contributed by atoms with E-state index in [2.05, 4.69) is 0 Å². The standard InChI is InChI=1S/C28H32O15/c1-10-24(43-28-22(36)20(34)19(33)17(9-29)42-28)21(35)23(37)27(39-10)41-15-6-4-12-18(32)16(40-25(12)26(15)38-2)8-11-3-5-13(30)14(31)7-11/h3-8,10,17,19-24,27-31,33-37H,9H2,1-2H3/t10-,17+,19+,20-,21-,22+,23+,24-,27-,28-/m0/s1. The Morgan fingerprint density at radius 2 is 1.60 bits per heavy atom. The minimum atomic E-state index is -1.74. The topological polar surface area (TPSA) is 234 Å². The fourth-order valence-electron chi connectivity index (χ4n) is 5.03. The third-order valence-corrected chi connectivity index (χ3v) is 7.42. The maximum atomic E-state index is 13.0. The predicted molar refractivity (Wildman–Crippen MR) is 141 cm³/mol. The van der Waals surface area contributed by atoms with Crippen molar-refractivity contribution in [1.29, 1.82) is 0 Å². The summed E-state index contributed by atoms with van der Waals surface area (Å²) >= 11 is 0. The van der Waals surface area contributed by atoms with Crippen molar-refractivity contribution in [3.8, 4) is 28.7 Å². The van der Waals surface area contributed by atoms with Crippen LogP contribution in [0.15, 0.2) is 36.1 Å². The third kappa shape index (κ3) is 5.74. The summed E-state index contributed by atoms with van der Waals surface area (Å²) in [6.07, 6.45) is -13.6. The summed E-state index contributed by atoms with van der Waals surface area (Å²) in [6, 6.07) is 6.76. The third-order valence-electron chi connectivity index (χ3n) is 7.42. The lowest BCUT2D eigenvalue weighted by Crippen LogP contribution is -2.64. The van der Waals surface area contributed by atoms with Crippen LogP contribution < -0.4 is 14.2 Å². The van der Waals surface area contributed by atoms with Crippen LogP contribution in [0.1, 0.15) is 22.8 Å². The number of methoxy groups -OCH3 is 1. The molecule has 10 atom stereocenters. The minimum absolute atomic E-state index is 0.00525. The first-order valence-electron chi connectivity index (χ1n) is 13.3. The van der Waals surface area contributed by atoms with E-state index in [4.69, 9.17) is 28.4 Å². The number of hydrogen-bond donors (Lipinski definition) is 8. The number of ether oxygens (including phenoxy) is 6. The number of rotatable bonds is 7. The number of aliphatic hydroxyl groups is 6. The molecule has 8 N–H and O–H groups in total. The van der Waals surface area contributed by atoms with Crippen LogP contribution in [0.2, 0.25) is 0 Å². The number of phenolic OH excluding ortho intramolecular Hbond substituents is 2. The van der Waals surface area contributed by atoms with E-state index in [0.717, 1.165) is 0 Å². The predicted octanol–water partition coefficient (Wildman–Crippen LogP) is -1.25. The second-order valence-corrected chi connectivity index (χ2v) is 10.3. The number of carbonyl (C=O) groups is 1. The molecule has 0 aliphatic carbocycles. The van der Waals surface area contributed by atoms with Crippen LogP contribution >= 0.6 is 0 Å². The van der Waals surface area contributed by atoms with Crippen molar-refractivity contribution in [3.05, 3.63) is 47.2 Å². The number of Topliss-reactive ketones (excluding diaryl/α,β-unsaturated/α-hetero) is 1. The number of aliphatic hydroxyl groups excluding tert-OH is 6. The van der Waals surface area contributed by atoms with E-state index in [9.17, 15) is 45.6 Å². The molecule has 3 heterocycles. The number of phenols is 2. The molecular formula is C28H32O15. The molecule has 2 aromatic carbocycles. The summed E-state index contributed by atoms with van der Waals surface area (Å²) in [6.45, 7) is 0.804. The van der Waals surface area contributed by atoms with Crippen molar-refractivity contribution in [2.45, 2.75) is 68.3 Å². The lowest BCUT2D eigenvalue weighted by molar-refractivity contribution is -0.348. The molecule has 2 saturated heterocycles. The number of benzene rings is 2. The lowest BCUT2D eigenvalue weighted by atomic mass is 9.97.